The van der Waals surface area contributed by atoms with Gasteiger partial charge in [-0.05, 0) is 20.6 Å². The van der Waals surface area contributed by atoms with Gasteiger partial charge in [0.05, 0.1) is 32.8 Å². The van der Waals surface area contributed by atoms with E-state index in [1.165, 1.54) is 13.1 Å². The first-order valence-corrected chi connectivity index (χ1v) is 11.0. The highest BCUT2D eigenvalue weighted by Crippen LogP contribution is 2.27. The van der Waals surface area contributed by atoms with Gasteiger partial charge in [-0.25, -0.2) is 18.6 Å². The quantitative estimate of drug-likeness (QED) is 0.451. The number of amides is 1. The number of carbonyl (C=O) groups is 1. The van der Waals surface area contributed by atoms with Gasteiger partial charge >= 0.3 is 6.09 Å². The number of hydrogen-bond donors (Lipinski definition) is 2. The molecule has 14 heteroatoms. The van der Waals surface area contributed by atoms with Gasteiger partial charge in [-0.1, -0.05) is 0 Å². The molecule has 36 heavy (non-hydrogen) atoms. The Morgan fingerprint density at radius 2 is 2.03 bits per heavy atom. The molecule has 0 saturated carbocycles. The zero-order valence-electron chi connectivity index (χ0n) is 21.0. The third kappa shape index (κ3) is 8.84. The highest BCUT2D eigenvalue weighted by Gasteiger charge is 2.28. The van der Waals surface area contributed by atoms with E-state index in [1.807, 2.05) is 4.90 Å². The van der Waals surface area contributed by atoms with E-state index < -0.39 is 23.8 Å². The van der Waals surface area contributed by atoms with Crippen LogP contribution in [0.15, 0.2) is 21.7 Å². The molecule has 0 aromatic carbocycles. The van der Waals surface area contributed by atoms with Gasteiger partial charge in [-0.15, -0.1) is 0 Å². The van der Waals surface area contributed by atoms with Gasteiger partial charge < -0.3 is 25.2 Å². The second kappa shape index (κ2) is 15.1. The van der Waals surface area contributed by atoms with Crippen LogP contribution >= 0.6 is 0 Å². The van der Waals surface area contributed by atoms with Gasteiger partial charge in [0.25, 0.3) is 6.43 Å². The number of rotatable bonds is 10. The maximum atomic E-state index is 13.7. The third-order valence-electron chi connectivity index (χ3n) is 4.94. The lowest BCUT2D eigenvalue weighted by Gasteiger charge is -2.29. The molecule has 0 unspecified atom stereocenters. The lowest BCUT2D eigenvalue weighted by molar-refractivity contribution is 0.0258. The Bertz CT molecular complexity index is 923. The summed E-state index contributed by atoms with van der Waals surface area (Å²) in [5, 5.41) is 9.20. The molecule has 1 aromatic heterocycles. The number of aliphatic hydroxyl groups excluding tert-OH is 1. The number of aromatic nitrogens is 2. The van der Waals surface area contributed by atoms with Crippen molar-refractivity contribution in [2.45, 2.75) is 32.3 Å². The highest BCUT2D eigenvalue weighted by atomic mass is 19.3. The van der Waals surface area contributed by atoms with Crippen LogP contribution in [0.2, 0.25) is 0 Å². The number of nitrogens with zero attached hydrogens (tertiary/aromatic N) is 6. The second-order valence-electron chi connectivity index (χ2n) is 7.92. The van der Waals surface area contributed by atoms with E-state index in [-0.39, 0.29) is 42.7 Å². The normalized spacial score (nSPS) is 14.8. The summed E-state index contributed by atoms with van der Waals surface area (Å²) in [5.41, 5.74) is 3.81. The summed E-state index contributed by atoms with van der Waals surface area (Å²) in [6.07, 6.45) is -2.32. The number of alkyl halides is 3. The monoisotopic (exact) mass is 517 g/mol. The van der Waals surface area contributed by atoms with Crippen molar-refractivity contribution in [3.63, 3.8) is 0 Å². The Labute approximate surface area is 208 Å². The van der Waals surface area contributed by atoms with E-state index in [0.29, 0.717) is 33.5 Å². The van der Waals surface area contributed by atoms with Crippen LogP contribution in [0.3, 0.4) is 0 Å². The first kappa shape index (κ1) is 30.9. The van der Waals surface area contributed by atoms with Crippen LogP contribution in [0.5, 0.6) is 0 Å². The second-order valence-corrected chi connectivity index (χ2v) is 7.92. The lowest BCUT2D eigenvalue weighted by Crippen LogP contribution is -2.39. The van der Waals surface area contributed by atoms with Crippen molar-refractivity contribution in [3.05, 3.63) is 17.5 Å². The van der Waals surface area contributed by atoms with Crippen LogP contribution in [0, 0.1) is 0 Å². The topological polar surface area (TPSA) is 139 Å². The summed E-state index contributed by atoms with van der Waals surface area (Å²) in [4.78, 5) is 32.0. The van der Waals surface area contributed by atoms with E-state index in [9.17, 15) is 23.1 Å². The number of aliphatic imine (C=N–C) groups is 2. The smallest absolute Gasteiger partial charge is 0.415 e. The molecule has 11 nitrogen and oxygen atoms in total. The maximum absolute atomic E-state index is 13.7. The third-order valence-corrected chi connectivity index (χ3v) is 4.94. The molecule has 0 spiro atoms. The standard InChI is InChI=1S/C21H31F2N7O4.CH3F/c1-21(2,5-8-31)34-20(32)29(4)16-11-15(14(12-26-13-24)17(25-3)18(22)23)27-19(28-16)30-6-9-33-10-7-30;1-2/h11-12,18,31H,3,5-10,13,24H2,1-2,4H3;1H3/b17-14+,26-12-;. The van der Waals surface area contributed by atoms with Gasteiger partial charge in [0.15, 0.2) is 0 Å². The van der Waals surface area contributed by atoms with Crippen molar-refractivity contribution < 1.29 is 32.5 Å². The molecule has 2 heterocycles. The van der Waals surface area contributed by atoms with Crippen molar-refractivity contribution >= 4 is 36.4 Å². The number of morpholine rings is 1. The molecule has 1 aromatic rings. The average molecular weight is 518 g/mol. The molecule has 1 aliphatic heterocycles. The number of halogens is 3. The molecule has 1 fully saturated rings. The Morgan fingerprint density at radius 1 is 1.39 bits per heavy atom. The summed E-state index contributed by atoms with van der Waals surface area (Å²) < 4.78 is 47.8. The molecule has 0 aliphatic carbocycles. The molecule has 0 bridgehead atoms. The van der Waals surface area contributed by atoms with Crippen molar-refractivity contribution in [1.82, 2.24) is 9.97 Å². The zero-order chi connectivity index (χ0) is 27.3. The summed E-state index contributed by atoms with van der Waals surface area (Å²) in [7, 11) is 1.93. The summed E-state index contributed by atoms with van der Waals surface area (Å²) in [6, 6.07) is 1.36. The summed E-state index contributed by atoms with van der Waals surface area (Å²) >= 11 is 0. The predicted octanol–water partition coefficient (Wildman–Crippen LogP) is 2.30. The van der Waals surface area contributed by atoms with Crippen molar-refractivity contribution in [3.8, 4) is 0 Å². The molecule has 1 saturated heterocycles. The fraction of sp³-hybridized carbons (Fsp3) is 0.591. The first-order chi connectivity index (χ1) is 17.1. The molecule has 202 valence electrons. The van der Waals surface area contributed by atoms with Crippen LogP contribution in [0.25, 0.3) is 5.57 Å². The van der Waals surface area contributed by atoms with Gasteiger partial charge in [-0.3, -0.25) is 19.3 Å². The predicted molar refractivity (Wildman–Crippen MR) is 133 cm³/mol. The number of ether oxygens (including phenoxy) is 2. The van der Waals surface area contributed by atoms with Crippen LogP contribution in [0.4, 0.5) is 29.7 Å². The van der Waals surface area contributed by atoms with Crippen molar-refractivity contribution in [1.29, 1.82) is 0 Å². The SMILES string of the molecule is C=N/C(=C(\C=N/CN)c1cc(N(C)C(=O)OC(C)(C)CCO)nc(N2CCOCC2)n1)C(F)F.CF. The minimum atomic E-state index is -2.95. The van der Waals surface area contributed by atoms with Crippen molar-refractivity contribution in [2.75, 3.05) is 63.6 Å². The average Bonchev–Trinajstić information content (AvgIpc) is 2.86. The van der Waals surface area contributed by atoms with E-state index in [0.717, 1.165) is 11.1 Å². The van der Waals surface area contributed by atoms with E-state index in [2.05, 4.69) is 26.7 Å². The van der Waals surface area contributed by atoms with Gasteiger partial charge in [0.2, 0.25) is 5.95 Å². The van der Waals surface area contributed by atoms with Crippen LogP contribution in [-0.2, 0) is 9.47 Å². The Morgan fingerprint density at radius 3 is 2.56 bits per heavy atom. The minimum Gasteiger partial charge on any atom is -0.443 e. The first-order valence-electron chi connectivity index (χ1n) is 11.0. The lowest BCUT2D eigenvalue weighted by atomic mass is 10.1. The summed E-state index contributed by atoms with van der Waals surface area (Å²) in [5.74, 6) is 0.314. The van der Waals surface area contributed by atoms with Crippen LogP contribution in [0.1, 0.15) is 26.0 Å². The maximum Gasteiger partial charge on any atom is 0.415 e. The van der Waals surface area contributed by atoms with Crippen molar-refractivity contribution in [2.24, 2.45) is 15.7 Å². The highest BCUT2D eigenvalue weighted by molar-refractivity contribution is 6.11. The number of aliphatic hydroxyl groups is 1. The molecule has 3 N–H and O–H groups in total. The fourth-order valence-electron chi connectivity index (χ4n) is 3.03. The minimum absolute atomic E-state index is 0.0562. The number of carbonyl (C=O) groups excluding carboxylic acids is 1. The van der Waals surface area contributed by atoms with Gasteiger partial charge in [0, 0.05) is 51.0 Å². The Kier molecular flexibility index (Phi) is 13.0. The van der Waals surface area contributed by atoms with E-state index in [4.69, 9.17) is 15.2 Å². The zero-order valence-corrected chi connectivity index (χ0v) is 21.0. The largest absolute Gasteiger partial charge is 0.443 e. The molecule has 1 aliphatic rings. The Hall–Kier alpha value is -3.10. The number of allylic oxidation sites excluding steroid dienone is 2. The molecule has 0 radical (unpaired) electrons. The number of anilines is 2. The molecular weight excluding hydrogens is 483 g/mol. The Balaban J connectivity index is 0.00000316. The fourth-order valence-corrected chi connectivity index (χ4v) is 3.03. The van der Waals surface area contributed by atoms with Crippen LogP contribution in [-0.4, -0.2) is 99.9 Å². The molecule has 0 atom stereocenters. The van der Waals surface area contributed by atoms with Gasteiger partial charge in [0.1, 0.15) is 17.1 Å². The molecular formula is C22H34F3N7O4. The number of nitrogens with two attached hydrogens (primary N) is 1. The number of hydrogen-bond acceptors (Lipinski definition) is 10. The molecule has 1 amide bonds. The van der Waals surface area contributed by atoms with E-state index >= 15 is 0 Å². The summed E-state index contributed by atoms with van der Waals surface area (Å²) in [6.45, 7) is 8.06. The molecule has 2 rings (SSSR count). The van der Waals surface area contributed by atoms with Gasteiger partial charge in [-0.2, -0.15) is 4.98 Å². The van der Waals surface area contributed by atoms with Crippen LogP contribution < -0.4 is 15.5 Å². The van der Waals surface area contributed by atoms with E-state index in [1.54, 1.807) is 13.8 Å².